The highest BCUT2D eigenvalue weighted by Gasteiger charge is 2.28. The van der Waals surface area contributed by atoms with Crippen molar-refractivity contribution in [3.63, 3.8) is 0 Å². The summed E-state index contributed by atoms with van der Waals surface area (Å²) in [6, 6.07) is 11.3. The van der Waals surface area contributed by atoms with Crippen LogP contribution in [0, 0.1) is 0 Å². The van der Waals surface area contributed by atoms with Crippen LogP contribution in [0.25, 0.3) is 0 Å². The number of fused-ring (bicyclic) bond motifs is 1. The van der Waals surface area contributed by atoms with Crippen molar-refractivity contribution in [2.75, 3.05) is 30.3 Å². The fourth-order valence-corrected chi connectivity index (χ4v) is 6.94. The Morgan fingerprint density at radius 2 is 1.93 bits per heavy atom. The van der Waals surface area contributed by atoms with Crippen LogP contribution in [0.4, 0.5) is 5.69 Å². The average molecular weight is 464 g/mol. The summed E-state index contributed by atoms with van der Waals surface area (Å²) in [7, 11) is -3.46. The van der Waals surface area contributed by atoms with Gasteiger partial charge in [0.2, 0.25) is 15.9 Å². The maximum absolute atomic E-state index is 13.0. The van der Waals surface area contributed by atoms with E-state index < -0.39 is 10.0 Å². The molecule has 2 aliphatic rings. The van der Waals surface area contributed by atoms with E-state index in [-0.39, 0.29) is 16.6 Å². The minimum absolute atomic E-state index is 0.0396. The van der Waals surface area contributed by atoms with E-state index in [0.717, 1.165) is 29.8 Å². The number of thioether (sulfide) groups is 2. The third-order valence-electron chi connectivity index (χ3n) is 5.30. The summed E-state index contributed by atoms with van der Waals surface area (Å²) < 4.78 is 26.7. The second kappa shape index (κ2) is 9.30. The van der Waals surface area contributed by atoms with Crippen LogP contribution in [-0.4, -0.2) is 54.3 Å². The highest BCUT2D eigenvalue weighted by Crippen LogP contribution is 2.37. The molecule has 0 aliphatic carbocycles. The van der Waals surface area contributed by atoms with Gasteiger partial charge in [0, 0.05) is 36.0 Å². The third kappa shape index (κ3) is 4.69. The highest BCUT2D eigenvalue weighted by molar-refractivity contribution is 8.00. The van der Waals surface area contributed by atoms with Crippen molar-refractivity contribution in [2.24, 2.45) is 0 Å². The minimum Gasteiger partial charge on any atom is -0.311 e. The van der Waals surface area contributed by atoms with Gasteiger partial charge in [0.25, 0.3) is 0 Å². The van der Waals surface area contributed by atoms with Gasteiger partial charge in [0.1, 0.15) is 4.90 Å². The lowest BCUT2D eigenvalue weighted by Crippen LogP contribution is -2.33. The fraction of sp³-hybridized carbons (Fsp3) is 0.429. The number of sulfonamides is 1. The fourth-order valence-electron chi connectivity index (χ4n) is 3.64. The summed E-state index contributed by atoms with van der Waals surface area (Å²) in [5.41, 5.74) is 0.970. The second-order valence-electron chi connectivity index (χ2n) is 7.46. The van der Waals surface area contributed by atoms with E-state index in [1.807, 2.05) is 34.9 Å². The zero-order chi connectivity index (χ0) is 21.1. The second-order valence-corrected chi connectivity index (χ2v) is 11.9. The normalized spacial score (nSPS) is 20.0. The number of hydrogen-bond acceptors (Lipinski definition) is 6. The molecule has 1 saturated heterocycles. The summed E-state index contributed by atoms with van der Waals surface area (Å²) >= 11 is 3.15. The molecular weight excluding hydrogens is 438 g/mol. The van der Waals surface area contributed by atoms with Crippen LogP contribution < -0.4 is 4.90 Å². The molecular formula is C21H25N3O3S3. The predicted molar refractivity (Wildman–Crippen MR) is 122 cm³/mol. The number of carbonyl (C=O) groups excluding carboxylic acids is 1. The molecule has 30 heavy (non-hydrogen) atoms. The molecule has 0 saturated carbocycles. The molecule has 0 radical (unpaired) electrons. The number of pyridine rings is 1. The molecule has 1 amide bonds. The molecule has 1 fully saturated rings. The molecule has 0 unspecified atom stereocenters. The summed E-state index contributed by atoms with van der Waals surface area (Å²) in [6.45, 7) is 4.03. The average Bonchev–Trinajstić information content (AvgIpc) is 3.24. The Bertz CT molecular complexity index is 1010. The molecule has 0 spiro atoms. The van der Waals surface area contributed by atoms with Crippen molar-refractivity contribution < 1.29 is 13.2 Å². The van der Waals surface area contributed by atoms with Crippen molar-refractivity contribution in [2.45, 2.75) is 46.3 Å². The number of benzene rings is 1. The Labute approximate surface area is 186 Å². The third-order valence-corrected chi connectivity index (χ3v) is 9.35. The number of anilines is 1. The van der Waals surface area contributed by atoms with Gasteiger partial charge in [-0.1, -0.05) is 30.8 Å². The van der Waals surface area contributed by atoms with E-state index in [1.165, 1.54) is 22.3 Å². The molecule has 3 heterocycles. The van der Waals surface area contributed by atoms with Crippen LogP contribution in [0.15, 0.2) is 57.4 Å². The Kier molecular flexibility index (Phi) is 6.72. The van der Waals surface area contributed by atoms with Crippen LogP contribution in [0.3, 0.4) is 0 Å². The van der Waals surface area contributed by atoms with Gasteiger partial charge < -0.3 is 4.90 Å². The lowest BCUT2D eigenvalue weighted by atomic mass is 10.2. The summed E-state index contributed by atoms with van der Waals surface area (Å²) in [5, 5.41) is 1.11. The van der Waals surface area contributed by atoms with Crippen molar-refractivity contribution >= 4 is 45.1 Å². The minimum atomic E-state index is -3.46. The van der Waals surface area contributed by atoms with Gasteiger partial charge in [0.15, 0.2) is 0 Å². The Morgan fingerprint density at radius 3 is 2.67 bits per heavy atom. The van der Waals surface area contributed by atoms with E-state index in [1.54, 1.807) is 12.1 Å². The number of aromatic nitrogens is 1. The first-order valence-electron chi connectivity index (χ1n) is 10.1. The van der Waals surface area contributed by atoms with Crippen molar-refractivity contribution in [3.05, 3.63) is 42.6 Å². The number of nitrogens with zero attached hydrogens (tertiary/aromatic N) is 3. The monoisotopic (exact) mass is 463 g/mol. The number of rotatable bonds is 5. The van der Waals surface area contributed by atoms with Gasteiger partial charge in [0.05, 0.1) is 16.5 Å². The number of amides is 1. The molecule has 1 aromatic carbocycles. The number of para-hydroxylation sites is 1. The van der Waals surface area contributed by atoms with E-state index in [0.29, 0.717) is 29.9 Å². The number of carbonyl (C=O) groups is 1. The topological polar surface area (TPSA) is 70.6 Å². The Hall–Kier alpha value is -1.55. The lowest BCUT2D eigenvalue weighted by molar-refractivity contribution is -0.116. The lowest BCUT2D eigenvalue weighted by Gasteiger charge is -2.22. The molecule has 6 nitrogen and oxygen atoms in total. The maximum Gasteiger partial charge on any atom is 0.244 e. The van der Waals surface area contributed by atoms with Crippen molar-refractivity contribution in [3.8, 4) is 0 Å². The van der Waals surface area contributed by atoms with Crippen LogP contribution in [0.5, 0.6) is 0 Å². The Balaban J connectivity index is 1.42. The summed E-state index contributed by atoms with van der Waals surface area (Å²) in [5.74, 6) is 0.302. The maximum atomic E-state index is 13.0. The zero-order valence-corrected chi connectivity index (χ0v) is 19.3. The van der Waals surface area contributed by atoms with Gasteiger partial charge in [-0.15, -0.1) is 11.8 Å². The summed E-state index contributed by atoms with van der Waals surface area (Å²) in [4.78, 5) is 20.5. The van der Waals surface area contributed by atoms with Crippen LogP contribution in [0.1, 0.15) is 26.2 Å². The highest BCUT2D eigenvalue weighted by atomic mass is 32.2. The zero-order valence-electron chi connectivity index (χ0n) is 16.9. The number of hydrogen-bond donors (Lipinski definition) is 0. The van der Waals surface area contributed by atoms with Crippen LogP contribution in [0.2, 0.25) is 0 Å². The molecule has 9 heteroatoms. The van der Waals surface area contributed by atoms with Gasteiger partial charge >= 0.3 is 0 Å². The first kappa shape index (κ1) is 21.7. The van der Waals surface area contributed by atoms with Gasteiger partial charge in [-0.25, -0.2) is 13.4 Å². The van der Waals surface area contributed by atoms with Gasteiger partial charge in [-0.3, -0.25) is 4.79 Å². The SMILES string of the molecule is C[C@@H]1CCN(C(=O)CSc2ccc(S(=O)(=O)N3CCCC3)cn2)c2ccccc2S1. The van der Waals surface area contributed by atoms with Gasteiger partial charge in [-0.2, -0.15) is 4.31 Å². The van der Waals surface area contributed by atoms with Crippen LogP contribution >= 0.6 is 23.5 Å². The first-order chi connectivity index (χ1) is 14.4. The molecule has 0 bridgehead atoms. The van der Waals surface area contributed by atoms with E-state index in [2.05, 4.69) is 18.0 Å². The molecule has 1 aromatic heterocycles. The molecule has 4 rings (SSSR count). The van der Waals surface area contributed by atoms with E-state index >= 15 is 0 Å². The smallest absolute Gasteiger partial charge is 0.244 e. The summed E-state index contributed by atoms with van der Waals surface area (Å²) in [6.07, 6.45) is 4.15. The van der Waals surface area contributed by atoms with Crippen molar-refractivity contribution in [1.82, 2.24) is 9.29 Å². The molecule has 0 N–H and O–H groups in total. The standard InChI is InChI=1S/C21H25N3O3S3/c1-16-10-13-24(18-6-2-3-7-19(18)29-16)21(25)15-28-20-9-8-17(14-22-20)30(26,27)23-11-4-5-12-23/h2-3,6-9,14,16H,4-5,10-13,15H2,1H3/t16-/m1/s1. The van der Waals surface area contributed by atoms with Crippen molar-refractivity contribution in [1.29, 1.82) is 0 Å². The predicted octanol–water partition coefficient (Wildman–Crippen LogP) is 3.88. The molecule has 2 aliphatic heterocycles. The molecule has 1 atom stereocenters. The molecule has 160 valence electrons. The molecule has 2 aromatic rings. The van der Waals surface area contributed by atoms with Gasteiger partial charge in [-0.05, 0) is 43.5 Å². The van der Waals surface area contributed by atoms with E-state index in [9.17, 15) is 13.2 Å². The Morgan fingerprint density at radius 1 is 1.17 bits per heavy atom. The van der Waals surface area contributed by atoms with E-state index in [4.69, 9.17) is 0 Å². The quantitative estimate of drug-likeness (QED) is 0.627. The first-order valence-corrected chi connectivity index (χ1v) is 13.4. The van der Waals surface area contributed by atoms with Crippen LogP contribution in [-0.2, 0) is 14.8 Å². The largest absolute Gasteiger partial charge is 0.311 e.